The number of unbranched alkanes of at least 4 members (excludes halogenated alkanes) is 2. The molecule has 2 aliphatic heterocycles. The summed E-state index contributed by atoms with van der Waals surface area (Å²) >= 11 is 0. The van der Waals surface area contributed by atoms with Gasteiger partial charge in [-0.2, -0.15) is 0 Å². The summed E-state index contributed by atoms with van der Waals surface area (Å²) in [5.41, 5.74) is 5.79. The van der Waals surface area contributed by atoms with E-state index >= 15 is 0 Å². The van der Waals surface area contributed by atoms with E-state index in [1.54, 1.807) is 0 Å². The lowest BCUT2D eigenvalue weighted by Gasteiger charge is -2.60. The maximum Gasteiger partial charge on any atom is 0.136 e. The molecule has 7 rings (SSSR count). The zero-order chi connectivity index (χ0) is 31.2. The van der Waals surface area contributed by atoms with Crippen molar-refractivity contribution >= 4 is 17.0 Å². The first-order valence-corrected chi connectivity index (χ1v) is 18.3. The van der Waals surface area contributed by atoms with Gasteiger partial charge in [-0.1, -0.05) is 25.6 Å². The van der Waals surface area contributed by atoms with Gasteiger partial charge in [-0.15, -0.1) is 0 Å². The molecule has 1 saturated heterocycles. The zero-order valence-electron chi connectivity index (χ0n) is 28.2. The lowest BCUT2D eigenvalue weighted by molar-refractivity contribution is -0.114. The zero-order valence-corrected chi connectivity index (χ0v) is 28.2. The van der Waals surface area contributed by atoms with Crippen molar-refractivity contribution in [3.8, 4) is 5.75 Å². The van der Waals surface area contributed by atoms with Crippen LogP contribution in [0.1, 0.15) is 103 Å². The predicted octanol–water partition coefficient (Wildman–Crippen LogP) is 8.06. The molecule has 1 aromatic carbocycles. The number of rotatable bonds is 8. The number of benzene rings is 1. The van der Waals surface area contributed by atoms with Gasteiger partial charge >= 0.3 is 0 Å². The molecule has 4 aliphatic carbocycles. The largest absolute Gasteiger partial charge is 0.457 e. The van der Waals surface area contributed by atoms with Gasteiger partial charge in [0.05, 0.1) is 11.8 Å². The highest BCUT2D eigenvalue weighted by Crippen LogP contribution is 2.65. The highest BCUT2D eigenvalue weighted by Gasteiger charge is 2.59. The van der Waals surface area contributed by atoms with Crippen LogP contribution in [0.3, 0.4) is 0 Å². The summed E-state index contributed by atoms with van der Waals surface area (Å²) in [5, 5.41) is 15.2. The minimum Gasteiger partial charge on any atom is -0.457 e. The van der Waals surface area contributed by atoms with E-state index in [-0.39, 0.29) is 11.5 Å². The summed E-state index contributed by atoms with van der Waals surface area (Å²) in [6, 6.07) is 6.71. The van der Waals surface area contributed by atoms with Gasteiger partial charge in [0.2, 0.25) is 0 Å². The molecule has 0 aromatic heterocycles. The van der Waals surface area contributed by atoms with Gasteiger partial charge < -0.3 is 24.5 Å². The van der Waals surface area contributed by atoms with E-state index in [0.717, 1.165) is 106 Å². The Morgan fingerprint density at radius 3 is 2.69 bits per heavy atom. The summed E-state index contributed by atoms with van der Waals surface area (Å²) in [4.78, 5) is 10.9. The van der Waals surface area contributed by atoms with Crippen LogP contribution in [0.25, 0.3) is 5.57 Å². The topological polar surface area (TPSA) is 57.5 Å². The highest BCUT2D eigenvalue weighted by atomic mass is 16.6. The quantitative estimate of drug-likeness (QED) is 0.237. The van der Waals surface area contributed by atoms with Crippen LogP contribution >= 0.6 is 0 Å². The second-order valence-corrected chi connectivity index (χ2v) is 16.0. The number of ether oxygens (including phenoxy) is 1. The van der Waals surface area contributed by atoms with Crippen LogP contribution in [0.5, 0.6) is 5.75 Å². The Kier molecular flexibility index (Phi) is 8.84. The van der Waals surface area contributed by atoms with Crippen molar-refractivity contribution in [1.29, 1.82) is 0 Å². The first kappa shape index (κ1) is 31.3. The molecule has 0 spiro atoms. The van der Waals surface area contributed by atoms with Crippen LogP contribution in [-0.2, 0) is 4.84 Å². The van der Waals surface area contributed by atoms with E-state index in [4.69, 9.17) is 14.7 Å². The van der Waals surface area contributed by atoms with Crippen molar-refractivity contribution in [2.75, 3.05) is 44.7 Å². The molecule has 6 aliphatic rings. The Hall–Kier alpha value is -2.31. The summed E-state index contributed by atoms with van der Waals surface area (Å²) < 4.78 is 6.08. The molecular formula is C39H57N3O3. The van der Waals surface area contributed by atoms with E-state index < -0.39 is 0 Å². The summed E-state index contributed by atoms with van der Waals surface area (Å²) in [7, 11) is 2.19. The number of aliphatic hydroxyl groups excluding tert-OH is 1. The van der Waals surface area contributed by atoms with Crippen molar-refractivity contribution in [2.45, 2.75) is 103 Å². The smallest absolute Gasteiger partial charge is 0.136 e. The standard InChI is InChI=1S/C39H57N3O3/c1-27-24-28(32-12-10-30(26-36(32)45-27)42-21-19-41(4)20-22-42)8-6-5-7-23-44-40-37-14-13-34-33-11-9-29-25-31(43)15-17-38(29,2)35(33)16-18-39(34,37)3/h10,12,24,26,29,31,33-35,43H,1,5-9,11,13-23,25H2,2-4H3/b40-37-/t29-,31+,33-,34-,35-,38-,39-/m0/s1. The number of hydrogen-bond acceptors (Lipinski definition) is 6. The van der Waals surface area contributed by atoms with Gasteiger partial charge in [0.25, 0.3) is 0 Å². The van der Waals surface area contributed by atoms with Crippen LogP contribution < -0.4 is 9.64 Å². The van der Waals surface area contributed by atoms with Gasteiger partial charge in [-0.25, -0.2) is 0 Å². The van der Waals surface area contributed by atoms with Gasteiger partial charge in [-0.05, 0) is 143 Å². The normalized spacial score (nSPS) is 37.3. The number of nitrogens with zero attached hydrogens (tertiary/aromatic N) is 3. The van der Waals surface area contributed by atoms with E-state index in [1.807, 2.05) is 0 Å². The van der Waals surface area contributed by atoms with Crippen molar-refractivity contribution < 1.29 is 14.7 Å². The van der Waals surface area contributed by atoms with Crippen molar-refractivity contribution in [3.05, 3.63) is 42.2 Å². The molecule has 4 saturated carbocycles. The molecule has 6 heteroatoms. The maximum absolute atomic E-state index is 10.3. The lowest BCUT2D eigenvalue weighted by Crippen LogP contribution is -2.54. The number of allylic oxidation sites excluding steroid dienone is 2. The predicted molar refractivity (Wildman–Crippen MR) is 183 cm³/mol. The number of oxime groups is 1. The van der Waals surface area contributed by atoms with Crippen molar-refractivity contribution in [3.63, 3.8) is 0 Å². The molecule has 7 atom stereocenters. The number of fused-ring (bicyclic) bond motifs is 6. The molecular weight excluding hydrogens is 558 g/mol. The minimum atomic E-state index is -0.0627. The Bertz CT molecular complexity index is 1310. The molecule has 5 fully saturated rings. The number of hydrogen-bond donors (Lipinski definition) is 1. The average Bonchev–Trinajstić information content (AvgIpc) is 3.37. The fourth-order valence-corrected chi connectivity index (χ4v) is 10.7. The average molecular weight is 616 g/mol. The molecule has 246 valence electrons. The van der Waals surface area contributed by atoms with Crippen LogP contribution in [-0.4, -0.2) is 61.7 Å². The highest BCUT2D eigenvalue weighted by molar-refractivity contribution is 5.92. The fourth-order valence-electron chi connectivity index (χ4n) is 10.7. The Morgan fingerprint density at radius 1 is 1.00 bits per heavy atom. The summed E-state index contributed by atoms with van der Waals surface area (Å²) in [5.74, 6) is 4.82. The fraction of sp³-hybridized carbons (Fsp3) is 0.718. The van der Waals surface area contributed by atoms with Gasteiger partial charge in [0.15, 0.2) is 0 Å². The first-order chi connectivity index (χ1) is 21.7. The third kappa shape index (κ3) is 5.99. The second-order valence-electron chi connectivity index (χ2n) is 16.0. The SMILES string of the molecule is C=C1C=C(CCCCCO/N=C2/CC[C@H]3[C@@H]4CC[C@H]5C[C@H](O)CC[C@]5(C)[C@H]4CC[C@]23C)c2ccc(N3CCN(C)CC3)cc2O1. The molecule has 2 heterocycles. The lowest BCUT2D eigenvalue weighted by atomic mass is 9.45. The van der Waals surface area contributed by atoms with E-state index in [1.165, 1.54) is 61.1 Å². The van der Waals surface area contributed by atoms with Crippen molar-refractivity contribution in [1.82, 2.24) is 4.90 Å². The number of likely N-dealkylation sites (N-methyl/N-ethyl adjacent to an activating group) is 1. The first-order valence-electron chi connectivity index (χ1n) is 18.3. The second kappa shape index (κ2) is 12.7. The van der Waals surface area contributed by atoms with Crippen LogP contribution in [0, 0.1) is 34.5 Å². The van der Waals surface area contributed by atoms with Crippen molar-refractivity contribution in [2.24, 2.45) is 39.7 Å². The third-order valence-electron chi connectivity index (χ3n) is 13.5. The molecule has 0 amide bonds. The van der Waals surface area contributed by atoms with E-state index in [2.05, 4.69) is 61.5 Å². The van der Waals surface area contributed by atoms with Crippen LogP contribution in [0.15, 0.2) is 41.8 Å². The maximum atomic E-state index is 10.3. The Morgan fingerprint density at radius 2 is 1.84 bits per heavy atom. The monoisotopic (exact) mass is 615 g/mol. The molecule has 1 N–H and O–H groups in total. The molecule has 6 nitrogen and oxygen atoms in total. The van der Waals surface area contributed by atoms with Gasteiger partial charge in [0.1, 0.15) is 18.1 Å². The van der Waals surface area contributed by atoms with Gasteiger partial charge in [-0.3, -0.25) is 0 Å². The Balaban J connectivity index is 0.882. The summed E-state index contributed by atoms with van der Waals surface area (Å²) in [6.07, 6.45) is 17.3. The molecule has 45 heavy (non-hydrogen) atoms. The molecule has 0 unspecified atom stereocenters. The Labute approximate surface area is 271 Å². The minimum absolute atomic E-state index is 0.0627. The molecule has 0 bridgehead atoms. The number of aliphatic hydroxyl groups is 1. The molecule has 0 radical (unpaired) electrons. The van der Waals surface area contributed by atoms with Crippen LogP contribution in [0.4, 0.5) is 5.69 Å². The van der Waals surface area contributed by atoms with Crippen LogP contribution in [0.2, 0.25) is 0 Å². The van der Waals surface area contributed by atoms with Gasteiger partial charge in [0, 0.05) is 48.9 Å². The number of piperazine rings is 1. The third-order valence-corrected chi connectivity index (χ3v) is 13.5. The number of anilines is 1. The molecule has 1 aromatic rings. The van der Waals surface area contributed by atoms with E-state index in [9.17, 15) is 5.11 Å². The summed E-state index contributed by atoms with van der Waals surface area (Å²) in [6.45, 7) is 14.2. The van der Waals surface area contributed by atoms with E-state index in [0.29, 0.717) is 12.0 Å².